The van der Waals surface area contributed by atoms with E-state index >= 15 is 0 Å². The second kappa shape index (κ2) is 14.9. The van der Waals surface area contributed by atoms with Crippen molar-refractivity contribution in [2.24, 2.45) is 0 Å². The fraction of sp³-hybridized carbons (Fsp3) is 0.133. The number of thiophene rings is 1. The first-order valence-corrected chi connectivity index (χ1v) is 22.8. The molecule has 2 heterocycles. The normalized spacial score (nSPS) is 12.3. The molecule has 0 saturated carbocycles. The number of hydrogen-bond donors (Lipinski definition) is 0. The monoisotopic (exact) mass is 831 g/mol. The number of para-hydroxylation sites is 3. The van der Waals surface area contributed by atoms with E-state index < -0.39 is 0 Å². The summed E-state index contributed by atoms with van der Waals surface area (Å²) in [6, 6.07) is 69.4. The standard InChI is InChI=1S/C60H49NOS/c1-59(2,3)41-34-40(35-42(37-41)60(4,5)6)44-24-15-18-38-19-16-25-48(57(38)44)45-21-8-12-27-51(45)61(52-28-17-31-56-58(52)49-23-10-14-30-55(49)63-56)50-26-11-7-20-43(50)39-32-33-47-46-22-9-13-29-53(46)62-54(47)36-39/h7-37H,1-6H3. The molecule has 0 atom stereocenters. The zero-order valence-electron chi connectivity index (χ0n) is 36.7. The van der Waals surface area contributed by atoms with Crippen molar-refractivity contribution in [2.45, 2.75) is 52.4 Å². The van der Waals surface area contributed by atoms with Crippen LogP contribution in [0.25, 0.3) is 86.3 Å². The van der Waals surface area contributed by atoms with Gasteiger partial charge in [0, 0.05) is 42.1 Å². The molecule has 0 aliphatic heterocycles. The second-order valence-electron chi connectivity index (χ2n) is 18.9. The summed E-state index contributed by atoms with van der Waals surface area (Å²) in [4.78, 5) is 2.52. The average Bonchev–Trinajstić information content (AvgIpc) is 3.87. The van der Waals surface area contributed by atoms with Crippen molar-refractivity contribution in [3.05, 3.63) is 199 Å². The van der Waals surface area contributed by atoms with Gasteiger partial charge in [-0.25, -0.2) is 0 Å². The number of rotatable bonds is 6. The first-order valence-electron chi connectivity index (χ1n) is 22.0. The highest BCUT2D eigenvalue weighted by Gasteiger charge is 2.26. The van der Waals surface area contributed by atoms with Crippen molar-refractivity contribution in [3.8, 4) is 33.4 Å². The third-order valence-electron chi connectivity index (χ3n) is 12.8. The molecule has 0 N–H and O–H groups in total. The summed E-state index contributed by atoms with van der Waals surface area (Å²) in [6.07, 6.45) is 0. The molecule has 2 nitrogen and oxygen atoms in total. The lowest BCUT2D eigenvalue weighted by atomic mass is 9.78. The molecule has 0 saturated heterocycles. The van der Waals surface area contributed by atoms with Gasteiger partial charge in [-0.3, -0.25) is 0 Å². The van der Waals surface area contributed by atoms with Crippen molar-refractivity contribution >= 4 is 81.3 Å². The number of benzene rings is 9. The summed E-state index contributed by atoms with van der Waals surface area (Å²) < 4.78 is 9.03. The molecule has 0 radical (unpaired) electrons. The SMILES string of the molecule is CC(C)(C)c1cc(-c2cccc3cccc(-c4ccccc4N(c4ccccc4-c4ccc5c(c4)oc4ccccc45)c4cccc5sc6ccccc6c45)c23)cc(C(C)(C)C)c1. The number of furan rings is 1. The Morgan fingerprint density at radius 3 is 1.68 bits per heavy atom. The molecule has 3 heteroatoms. The van der Waals surface area contributed by atoms with Gasteiger partial charge in [-0.15, -0.1) is 11.3 Å². The van der Waals surface area contributed by atoms with E-state index in [1.807, 2.05) is 17.4 Å². The minimum atomic E-state index is -0.00823. The Kier molecular flexibility index (Phi) is 9.19. The Morgan fingerprint density at radius 1 is 0.381 bits per heavy atom. The summed E-state index contributed by atoms with van der Waals surface area (Å²) in [5, 5.41) is 7.24. The van der Waals surface area contributed by atoms with Gasteiger partial charge in [0.2, 0.25) is 0 Å². The molecule has 0 unspecified atom stereocenters. The molecule has 63 heavy (non-hydrogen) atoms. The molecule has 9 aromatic carbocycles. The first-order chi connectivity index (χ1) is 30.5. The van der Waals surface area contributed by atoms with E-state index in [2.05, 4.69) is 228 Å². The van der Waals surface area contributed by atoms with Gasteiger partial charge in [0.25, 0.3) is 0 Å². The first kappa shape index (κ1) is 38.9. The molecule has 0 aliphatic carbocycles. The van der Waals surface area contributed by atoms with Crippen molar-refractivity contribution < 1.29 is 4.42 Å². The summed E-state index contributed by atoms with van der Waals surface area (Å²) in [5.41, 5.74) is 14.9. The van der Waals surface area contributed by atoms with Gasteiger partial charge in [-0.1, -0.05) is 181 Å². The second-order valence-corrected chi connectivity index (χ2v) is 20.0. The van der Waals surface area contributed by atoms with Gasteiger partial charge in [0.1, 0.15) is 11.2 Å². The quantitative estimate of drug-likeness (QED) is 0.166. The molecule has 306 valence electrons. The number of hydrogen-bond acceptors (Lipinski definition) is 3. The highest BCUT2D eigenvalue weighted by Crippen LogP contribution is 2.51. The molecule has 0 bridgehead atoms. The van der Waals surface area contributed by atoms with E-state index in [1.165, 1.54) is 58.8 Å². The highest BCUT2D eigenvalue weighted by atomic mass is 32.1. The van der Waals surface area contributed by atoms with Crippen LogP contribution in [0.1, 0.15) is 52.7 Å². The molecular weight excluding hydrogens is 783 g/mol. The van der Waals surface area contributed by atoms with E-state index in [-0.39, 0.29) is 10.8 Å². The molecule has 0 amide bonds. The average molecular weight is 832 g/mol. The smallest absolute Gasteiger partial charge is 0.136 e. The van der Waals surface area contributed by atoms with Gasteiger partial charge >= 0.3 is 0 Å². The van der Waals surface area contributed by atoms with Crippen LogP contribution in [-0.2, 0) is 10.8 Å². The van der Waals surface area contributed by atoms with E-state index in [9.17, 15) is 0 Å². The number of nitrogens with zero attached hydrogens (tertiary/aromatic N) is 1. The van der Waals surface area contributed by atoms with Crippen LogP contribution in [0.4, 0.5) is 17.1 Å². The minimum absolute atomic E-state index is 0.00823. The topological polar surface area (TPSA) is 16.4 Å². The lowest BCUT2D eigenvalue weighted by molar-refractivity contribution is 0.569. The molecule has 11 rings (SSSR count). The Hall–Kier alpha value is -6.94. The molecule has 2 aromatic heterocycles. The van der Waals surface area contributed by atoms with Crippen LogP contribution >= 0.6 is 11.3 Å². The van der Waals surface area contributed by atoms with Crippen LogP contribution in [0.2, 0.25) is 0 Å². The summed E-state index contributed by atoms with van der Waals surface area (Å²) in [7, 11) is 0. The van der Waals surface area contributed by atoms with E-state index in [4.69, 9.17) is 4.42 Å². The summed E-state index contributed by atoms with van der Waals surface area (Å²) >= 11 is 1.86. The Bertz CT molecular complexity index is 3520. The van der Waals surface area contributed by atoms with Crippen molar-refractivity contribution in [1.29, 1.82) is 0 Å². The van der Waals surface area contributed by atoms with E-state index in [0.29, 0.717) is 0 Å². The highest BCUT2D eigenvalue weighted by molar-refractivity contribution is 7.26. The Balaban J connectivity index is 1.19. The summed E-state index contributed by atoms with van der Waals surface area (Å²) in [5.74, 6) is 0. The molecule has 0 aliphatic rings. The van der Waals surface area contributed by atoms with Crippen molar-refractivity contribution in [3.63, 3.8) is 0 Å². The van der Waals surface area contributed by atoms with Gasteiger partial charge in [-0.2, -0.15) is 0 Å². The maximum atomic E-state index is 6.48. The maximum Gasteiger partial charge on any atom is 0.136 e. The predicted octanol–water partition coefficient (Wildman–Crippen LogP) is 18.2. The van der Waals surface area contributed by atoms with Gasteiger partial charge < -0.3 is 9.32 Å². The zero-order valence-corrected chi connectivity index (χ0v) is 37.5. The van der Waals surface area contributed by atoms with Crippen molar-refractivity contribution in [1.82, 2.24) is 0 Å². The Labute approximate surface area is 373 Å². The van der Waals surface area contributed by atoms with Crippen LogP contribution in [0.15, 0.2) is 192 Å². The van der Waals surface area contributed by atoms with Gasteiger partial charge in [-0.05, 0) is 104 Å². The summed E-state index contributed by atoms with van der Waals surface area (Å²) in [6.45, 7) is 13.9. The lowest BCUT2D eigenvalue weighted by Gasteiger charge is -2.31. The van der Waals surface area contributed by atoms with Crippen LogP contribution in [0.3, 0.4) is 0 Å². The largest absolute Gasteiger partial charge is 0.456 e. The lowest BCUT2D eigenvalue weighted by Crippen LogP contribution is -2.16. The third-order valence-corrected chi connectivity index (χ3v) is 13.9. The molecular formula is C60H49NOS. The predicted molar refractivity (Wildman–Crippen MR) is 273 cm³/mol. The molecule has 0 fully saturated rings. The minimum Gasteiger partial charge on any atom is -0.456 e. The fourth-order valence-electron chi connectivity index (χ4n) is 9.49. The fourth-order valence-corrected chi connectivity index (χ4v) is 10.6. The van der Waals surface area contributed by atoms with E-state index in [1.54, 1.807) is 0 Å². The molecule has 0 spiro atoms. The van der Waals surface area contributed by atoms with Crippen LogP contribution in [-0.4, -0.2) is 0 Å². The number of anilines is 3. The van der Waals surface area contributed by atoms with Crippen LogP contribution < -0.4 is 4.90 Å². The third kappa shape index (κ3) is 6.70. The van der Waals surface area contributed by atoms with Crippen LogP contribution in [0, 0.1) is 0 Å². The van der Waals surface area contributed by atoms with Crippen LogP contribution in [0.5, 0.6) is 0 Å². The van der Waals surface area contributed by atoms with Gasteiger partial charge in [0.15, 0.2) is 0 Å². The van der Waals surface area contributed by atoms with Gasteiger partial charge in [0.05, 0.1) is 17.1 Å². The number of fused-ring (bicyclic) bond motifs is 7. The maximum absolute atomic E-state index is 6.48. The van der Waals surface area contributed by atoms with E-state index in [0.717, 1.165) is 55.7 Å². The Morgan fingerprint density at radius 2 is 0.937 bits per heavy atom. The zero-order chi connectivity index (χ0) is 43.0. The molecule has 11 aromatic rings. The van der Waals surface area contributed by atoms with Crippen molar-refractivity contribution in [2.75, 3.05) is 4.90 Å².